The van der Waals surface area contributed by atoms with Gasteiger partial charge in [0.05, 0.1) is 11.9 Å². The quantitative estimate of drug-likeness (QED) is 0.366. The summed E-state index contributed by atoms with van der Waals surface area (Å²) in [5.41, 5.74) is 34.5. The second kappa shape index (κ2) is 9.82. The third kappa shape index (κ3) is 5.31. The SMILES string of the molecule is NCC(Oc1ccc(C(N)C(Cc2ccccc2)=C(N)N)cc1)c1cccc(N)c1. The molecule has 0 saturated carbocycles. The first-order chi connectivity index (χ1) is 14.5. The minimum atomic E-state index is -0.413. The Morgan fingerprint density at radius 1 is 0.833 bits per heavy atom. The molecule has 10 N–H and O–H groups in total. The molecule has 6 nitrogen and oxygen atoms in total. The average molecular weight is 404 g/mol. The van der Waals surface area contributed by atoms with Crippen molar-refractivity contribution < 1.29 is 4.74 Å². The van der Waals surface area contributed by atoms with Crippen molar-refractivity contribution >= 4 is 5.69 Å². The number of benzene rings is 3. The van der Waals surface area contributed by atoms with Crippen LogP contribution in [0.4, 0.5) is 5.69 Å². The van der Waals surface area contributed by atoms with Gasteiger partial charge >= 0.3 is 0 Å². The predicted molar refractivity (Wildman–Crippen MR) is 122 cm³/mol. The molecule has 0 fully saturated rings. The molecule has 0 amide bonds. The number of ether oxygens (including phenoxy) is 1. The van der Waals surface area contributed by atoms with E-state index in [1.54, 1.807) is 0 Å². The highest BCUT2D eigenvalue weighted by Gasteiger charge is 2.17. The maximum absolute atomic E-state index is 6.48. The van der Waals surface area contributed by atoms with Gasteiger partial charge in [-0.3, -0.25) is 0 Å². The van der Waals surface area contributed by atoms with Gasteiger partial charge in [0, 0.05) is 12.2 Å². The van der Waals surface area contributed by atoms with Gasteiger partial charge in [0.25, 0.3) is 0 Å². The molecule has 0 aromatic heterocycles. The fraction of sp³-hybridized carbons (Fsp3) is 0.167. The van der Waals surface area contributed by atoms with E-state index in [0.717, 1.165) is 22.3 Å². The smallest absolute Gasteiger partial charge is 0.136 e. The number of hydrogen-bond acceptors (Lipinski definition) is 6. The minimum Gasteiger partial charge on any atom is -0.484 e. The van der Waals surface area contributed by atoms with Crippen molar-refractivity contribution in [2.45, 2.75) is 18.6 Å². The number of nitrogens with two attached hydrogens (primary N) is 5. The van der Waals surface area contributed by atoms with E-state index in [9.17, 15) is 0 Å². The first kappa shape index (κ1) is 21.2. The number of hydrogen-bond donors (Lipinski definition) is 5. The van der Waals surface area contributed by atoms with Gasteiger partial charge < -0.3 is 33.4 Å². The van der Waals surface area contributed by atoms with Crippen molar-refractivity contribution in [1.29, 1.82) is 0 Å². The second-order valence-electron chi connectivity index (χ2n) is 7.20. The van der Waals surface area contributed by atoms with E-state index in [1.807, 2.05) is 78.9 Å². The number of rotatable bonds is 8. The van der Waals surface area contributed by atoms with Crippen molar-refractivity contribution in [3.05, 3.63) is 107 Å². The lowest BCUT2D eigenvalue weighted by Crippen LogP contribution is -2.23. The van der Waals surface area contributed by atoms with Gasteiger partial charge in [-0.15, -0.1) is 0 Å². The van der Waals surface area contributed by atoms with Crippen LogP contribution in [0.2, 0.25) is 0 Å². The molecule has 156 valence electrons. The Morgan fingerprint density at radius 2 is 1.53 bits per heavy atom. The summed E-state index contributed by atoms with van der Waals surface area (Å²) >= 11 is 0. The number of nitrogen functional groups attached to an aromatic ring is 1. The molecular weight excluding hydrogens is 374 g/mol. The largest absolute Gasteiger partial charge is 0.484 e. The van der Waals surface area contributed by atoms with E-state index < -0.39 is 6.04 Å². The fourth-order valence-corrected chi connectivity index (χ4v) is 3.34. The van der Waals surface area contributed by atoms with Crippen LogP contribution < -0.4 is 33.4 Å². The van der Waals surface area contributed by atoms with Gasteiger partial charge in [-0.05, 0) is 52.9 Å². The van der Waals surface area contributed by atoms with Crippen LogP contribution in [0, 0.1) is 0 Å². The third-order valence-corrected chi connectivity index (χ3v) is 5.00. The lowest BCUT2D eigenvalue weighted by atomic mass is 9.94. The van der Waals surface area contributed by atoms with Crippen molar-refractivity contribution in [2.24, 2.45) is 22.9 Å². The first-order valence-corrected chi connectivity index (χ1v) is 9.83. The Balaban J connectivity index is 1.74. The molecule has 30 heavy (non-hydrogen) atoms. The molecule has 3 aromatic carbocycles. The molecule has 3 aromatic rings. The summed E-state index contributed by atoms with van der Waals surface area (Å²) in [6.45, 7) is 0.332. The van der Waals surface area contributed by atoms with Gasteiger partial charge in [-0.25, -0.2) is 0 Å². The van der Waals surface area contributed by atoms with Gasteiger partial charge in [0.15, 0.2) is 0 Å². The molecule has 0 aliphatic carbocycles. The van der Waals surface area contributed by atoms with Gasteiger partial charge in [0.2, 0.25) is 0 Å². The Bertz CT molecular complexity index is 982. The standard InChI is InChI=1S/C24H29N5O/c25-15-22(18-7-4-8-19(26)14-18)30-20-11-9-17(10-12-20)23(27)21(24(28)29)13-16-5-2-1-3-6-16/h1-12,14,22-23H,13,15,25-29H2. The Morgan fingerprint density at radius 3 is 2.13 bits per heavy atom. The highest BCUT2D eigenvalue weighted by Crippen LogP contribution is 2.27. The topological polar surface area (TPSA) is 139 Å². The highest BCUT2D eigenvalue weighted by atomic mass is 16.5. The van der Waals surface area contributed by atoms with Crippen LogP contribution in [0.15, 0.2) is 90.3 Å². The van der Waals surface area contributed by atoms with Crippen LogP contribution in [0.3, 0.4) is 0 Å². The van der Waals surface area contributed by atoms with Crippen molar-refractivity contribution in [3.8, 4) is 5.75 Å². The van der Waals surface area contributed by atoms with Crippen LogP contribution in [0.1, 0.15) is 28.8 Å². The molecule has 0 saturated heterocycles. The molecule has 0 aliphatic rings. The fourth-order valence-electron chi connectivity index (χ4n) is 3.34. The third-order valence-electron chi connectivity index (χ3n) is 5.00. The second-order valence-corrected chi connectivity index (χ2v) is 7.20. The summed E-state index contributed by atoms with van der Waals surface area (Å²) in [5.74, 6) is 0.940. The summed E-state index contributed by atoms with van der Waals surface area (Å²) in [6.07, 6.45) is 0.300. The summed E-state index contributed by atoms with van der Waals surface area (Å²) in [6, 6.07) is 24.7. The summed E-state index contributed by atoms with van der Waals surface area (Å²) in [7, 11) is 0. The van der Waals surface area contributed by atoms with Crippen molar-refractivity contribution in [3.63, 3.8) is 0 Å². The van der Waals surface area contributed by atoms with Crippen LogP contribution in [0.25, 0.3) is 0 Å². The molecule has 0 aliphatic heterocycles. The van der Waals surface area contributed by atoms with Gasteiger partial charge in [0.1, 0.15) is 11.9 Å². The summed E-state index contributed by atoms with van der Waals surface area (Å²) in [5, 5.41) is 0. The van der Waals surface area contributed by atoms with E-state index in [4.69, 9.17) is 33.4 Å². The zero-order valence-corrected chi connectivity index (χ0v) is 16.9. The van der Waals surface area contributed by atoms with Crippen LogP contribution in [-0.2, 0) is 6.42 Å². The number of anilines is 1. The molecule has 2 atom stereocenters. The first-order valence-electron chi connectivity index (χ1n) is 9.83. The summed E-state index contributed by atoms with van der Waals surface area (Å²) < 4.78 is 6.06. The average Bonchev–Trinajstić information content (AvgIpc) is 2.76. The molecule has 0 radical (unpaired) electrons. The highest BCUT2D eigenvalue weighted by molar-refractivity contribution is 5.42. The monoisotopic (exact) mass is 403 g/mol. The molecular formula is C24H29N5O. The molecule has 0 heterocycles. The van der Waals surface area contributed by atoms with E-state index in [-0.39, 0.29) is 11.9 Å². The van der Waals surface area contributed by atoms with E-state index in [2.05, 4.69) is 0 Å². The summed E-state index contributed by atoms with van der Waals surface area (Å²) in [4.78, 5) is 0. The van der Waals surface area contributed by atoms with Crippen molar-refractivity contribution in [2.75, 3.05) is 12.3 Å². The zero-order valence-electron chi connectivity index (χ0n) is 16.9. The van der Waals surface area contributed by atoms with Crippen LogP contribution in [-0.4, -0.2) is 6.54 Å². The van der Waals surface area contributed by atoms with Gasteiger partial charge in [-0.1, -0.05) is 54.6 Å². The molecule has 0 spiro atoms. The Hall–Kier alpha value is -3.48. The van der Waals surface area contributed by atoms with Crippen LogP contribution >= 0.6 is 0 Å². The predicted octanol–water partition coefficient (Wildman–Crippen LogP) is 2.72. The molecule has 3 rings (SSSR count). The lowest BCUT2D eigenvalue weighted by Gasteiger charge is -2.20. The zero-order chi connectivity index (χ0) is 21.5. The Kier molecular flexibility index (Phi) is 6.95. The van der Waals surface area contributed by atoms with E-state index >= 15 is 0 Å². The molecule has 2 unspecified atom stereocenters. The van der Waals surface area contributed by atoms with Crippen LogP contribution in [0.5, 0.6) is 5.75 Å². The normalized spacial score (nSPS) is 12.7. The Labute approximate surface area is 177 Å². The maximum atomic E-state index is 6.48. The molecule has 6 heteroatoms. The van der Waals surface area contributed by atoms with E-state index in [1.165, 1.54) is 0 Å². The maximum Gasteiger partial charge on any atom is 0.136 e. The molecule has 0 bridgehead atoms. The van der Waals surface area contributed by atoms with E-state index in [0.29, 0.717) is 24.4 Å². The van der Waals surface area contributed by atoms with Gasteiger partial charge in [-0.2, -0.15) is 0 Å². The minimum absolute atomic E-state index is 0.247. The van der Waals surface area contributed by atoms with Crippen molar-refractivity contribution in [1.82, 2.24) is 0 Å². The lowest BCUT2D eigenvalue weighted by molar-refractivity contribution is 0.214.